The highest BCUT2D eigenvalue weighted by Crippen LogP contribution is 2.19. The molecule has 0 saturated carbocycles. The quantitative estimate of drug-likeness (QED) is 0.855. The first-order chi connectivity index (χ1) is 10.2. The highest BCUT2D eigenvalue weighted by Gasteiger charge is 2.28. The maximum Gasteiger partial charge on any atom is 0.317 e. The molecule has 0 aliphatic carbocycles. The number of pyridine rings is 1. The summed E-state index contributed by atoms with van der Waals surface area (Å²) >= 11 is 1.69. The van der Waals surface area contributed by atoms with E-state index in [2.05, 4.69) is 10.3 Å². The molecule has 7 heteroatoms. The minimum Gasteiger partial charge on any atom is -0.481 e. The van der Waals surface area contributed by atoms with Crippen LogP contribution < -0.4 is 5.32 Å². The lowest BCUT2D eigenvalue weighted by Gasteiger charge is -2.34. The Morgan fingerprint density at radius 2 is 2.33 bits per heavy atom. The van der Waals surface area contributed by atoms with Crippen LogP contribution in [0.3, 0.4) is 0 Å². The summed E-state index contributed by atoms with van der Waals surface area (Å²) in [4.78, 5) is 28.9. The molecule has 0 bridgehead atoms. The van der Waals surface area contributed by atoms with Gasteiger partial charge < -0.3 is 15.3 Å². The van der Waals surface area contributed by atoms with Crippen LogP contribution in [0.2, 0.25) is 0 Å². The summed E-state index contributed by atoms with van der Waals surface area (Å²) in [6.07, 6.45) is 2.39. The fourth-order valence-electron chi connectivity index (χ4n) is 2.24. The van der Waals surface area contributed by atoms with Crippen LogP contribution in [0.4, 0.5) is 4.79 Å². The van der Waals surface area contributed by atoms with Gasteiger partial charge in [-0.15, -0.1) is 0 Å². The Morgan fingerprint density at radius 3 is 3.05 bits per heavy atom. The van der Waals surface area contributed by atoms with Gasteiger partial charge in [0.05, 0.1) is 12.5 Å². The van der Waals surface area contributed by atoms with Crippen LogP contribution in [0.1, 0.15) is 12.1 Å². The van der Waals surface area contributed by atoms with E-state index in [0.717, 1.165) is 11.4 Å². The number of carbonyl (C=O) groups excluding carboxylic acids is 1. The van der Waals surface area contributed by atoms with Gasteiger partial charge in [0.1, 0.15) is 0 Å². The van der Waals surface area contributed by atoms with Gasteiger partial charge in [-0.05, 0) is 12.1 Å². The molecule has 1 aliphatic heterocycles. The highest BCUT2D eigenvalue weighted by molar-refractivity contribution is 7.99. The van der Waals surface area contributed by atoms with E-state index in [-0.39, 0.29) is 18.5 Å². The van der Waals surface area contributed by atoms with Crippen LogP contribution in [0.5, 0.6) is 0 Å². The zero-order chi connectivity index (χ0) is 15.1. The highest BCUT2D eigenvalue weighted by atomic mass is 32.2. The van der Waals surface area contributed by atoms with Crippen LogP contribution in [-0.4, -0.2) is 57.6 Å². The summed E-state index contributed by atoms with van der Waals surface area (Å²) in [5.74, 6) is 0.665. The molecular weight excluding hydrogens is 290 g/mol. The third kappa shape index (κ3) is 4.93. The van der Waals surface area contributed by atoms with Crippen molar-refractivity contribution in [3.63, 3.8) is 0 Å². The summed E-state index contributed by atoms with van der Waals surface area (Å²) in [7, 11) is 0. The van der Waals surface area contributed by atoms with Gasteiger partial charge in [0.15, 0.2) is 0 Å². The number of thioether (sulfide) groups is 1. The lowest BCUT2D eigenvalue weighted by molar-refractivity contribution is -0.137. The fraction of sp³-hybridized carbons (Fsp3) is 0.500. The van der Waals surface area contributed by atoms with E-state index in [4.69, 9.17) is 5.11 Å². The molecule has 2 N–H and O–H groups in total. The molecule has 1 aliphatic rings. The smallest absolute Gasteiger partial charge is 0.317 e. The maximum atomic E-state index is 12.2. The molecule has 0 aromatic carbocycles. The number of urea groups is 1. The van der Waals surface area contributed by atoms with Crippen LogP contribution in [0.25, 0.3) is 0 Å². The number of carbonyl (C=O) groups is 2. The molecule has 1 atom stereocenters. The minimum atomic E-state index is -0.867. The van der Waals surface area contributed by atoms with Crippen molar-refractivity contribution in [1.29, 1.82) is 0 Å². The normalized spacial score (nSPS) is 18.3. The summed E-state index contributed by atoms with van der Waals surface area (Å²) in [5, 5.41) is 11.8. The first-order valence-corrected chi connectivity index (χ1v) is 8.06. The maximum absolute atomic E-state index is 12.2. The number of nitrogens with zero attached hydrogens (tertiary/aromatic N) is 2. The van der Waals surface area contributed by atoms with Gasteiger partial charge in [-0.25, -0.2) is 4.79 Å². The first kappa shape index (κ1) is 15.6. The molecule has 2 heterocycles. The van der Waals surface area contributed by atoms with E-state index >= 15 is 0 Å². The Balaban J connectivity index is 1.81. The monoisotopic (exact) mass is 309 g/mol. The first-order valence-electron chi connectivity index (χ1n) is 6.90. The average molecular weight is 309 g/mol. The van der Waals surface area contributed by atoms with Crippen molar-refractivity contribution in [3.8, 4) is 0 Å². The third-order valence-corrected chi connectivity index (χ3v) is 4.37. The largest absolute Gasteiger partial charge is 0.481 e. The SMILES string of the molecule is O=C(O)CC1CSCCN1C(=O)NCCc1ccccn1. The molecule has 1 fully saturated rings. The Kier molecular flexibility index (Phi) is 5.86. The molecule has 1 unspecified atom stereocenters. The Morgan fingerprint density at radius 1 is 1.48 bits per heavy atom. The number of aromatic nitrogens is 1. The zero-order valence-corrected chi connectivity index (χ0v) is 12.5. The van der Waals surface area contributed by atoms with Crippen molar-refractivity contribution in [3.05, 3.63) is 30.1 Å². The molecule has 0 radical (unpaired) electrons. The second kappa shape index (κ2) is 7.87. The van der Waals surface area contributed by atoms with Crippen molar-refractivity contribution >= 4 is 23.8 Å². The molecule has 21 heavy (non-hydrogen) atoms. The number of carboxylic acids is 1. The second-order valence-electron chi connectivity index (χ2n) is 4.82. The minimum absolute atomic E-state index is 0.000656. The summed E-state index contributed by atoms with van der Waals surface area (Å²) < 4.78 is 0. The second-order valence-corrected chi connectivity index (χ2v) is 5.97. The van der Waals surface area contributed by atoms with Crippen molar-refractivity contribution in [2.24, 2.45) is 0 Å². The number of amides is 2. The van der Waals surface area contributed by atoms with Crippen LogP contribution >= 0.6 is 11.8 Å². The van der Waals surface area contributed by atoms with Gasteiger partial charge in [-0.1, -0.05) is 6.07 Å². The molecule has 2 amide bonds. The predicted octanol–water partition coefficient (Wildman–Crippen LogP) is 1.23. The Hall–Kier alpha value is -1.76. The zero-order valence-electron chi connectivity index (χ0n) is 11.7. The van der Waals surface area contributed by atoms with Gasteiger partial charge >= 0.3 is 12.0 Å². The van der Waals surface area contributed by atoms with Crippen molar-refractivity contribution in [2.75, 3.05) is 24.6 Å². The molecule has 6 nitrogen and oxygen atoms in total. The number of rotatable bonds is 5. The topological polar surface area (TPSA) is 82.5 Å². The molecule has 0 spiro atoms. The van der Waals surface area contributed by atoms with Gasteiger partial charge in [0, 0.05) is 42.9 Å². The van der Waals surface area contributed by atoms with E-state index in [1.807, 2.05) is 18.2 Å². The number of hydrogen-bond donors (Lipinski definition) is 2. The van der Waals surface area contributed by atoms with Crippen molar-refractivity contribution in [2.45, 2.75) is 18.9 Å². The van der Waals surface area contributed by atoms with E-state index in [1.54, 1.807) is 22.9 Å². The van der Waals surface area contributed by atoms with Gasteiger partial charge in [0.25, 0.3) is 0 Å². The van der Waals surface area contributed by atoms with E-state index in [9.17, 15) is 9.59 Å². The van der Waals surface area contributed by atoms with E-state index in [0.29, 0.717) is 25.3 Å². The summed E-state index contributed by atoms with van der Waals surface area (Å²) in [5.41, 5.74) is 0.925. The third-order valence-electron chi connectivity index (χ3n) is 3.28. The number of hydrogen-bond acceptors (Lipinski definition) is 4. The van der Waals surface area contributed by atoms with Gasteiger partial charge in [-0.2, -0.15) is 11.8 Å². The Labute approximate surface area is 127 Å². The number of carboxylic acid groups (broad SMARTS) is 1. The van der Waals surface area contributed by atoms with Crippen LogP contribution in [0, 0.1) is 0 Å². The lowest BCUT2D eigenvalue weighted by Crippen LogP contribution is -2.51. The van der Waals surface area contributed by atoms with Crippen LogP contribution in [-0.2, 0) is 11.2 Å². The molecule has 1 aromatic rings. The van der Waals surface area contributed by atoms with Crippen molar-refractivity contribution < 1.29 is 14.7 Å². The summed E-state index contributed by atoms with van der Waals surface area (Å²) in [6, 6.07) is 5.27. The standard InChI is InChI=1S/C14H19N3O3S/c18-13(19)9-12-10-21-8-7-17(12)14(20)16-6-4-11-3-1-2-5-15-11/h1-3,5,12H,4,6-10H2,(H,16,20)(H,18,19). The van der Waals surface area contributed by atoms with Crippen LogP contribution in [0.15, 0.2) is 24.4 Å². The molecule has 2 rings (SSSR count). The molecule has 1 saturated heterocycles. The van der Waals surface area contributed by atoms with E-state index in [1.165, 1.54) is 0 Å². The molecule has 114 valence electrons. The van der Waals surface area contributed by atoms with Gasteiger partial charge in [0.2, 0.25) is 0 Å². The number of aliphatic carboxylic acids is 1. The number of nitrogens with one attached hydrogen (secondary N) is 1. The fourth-order valence-corrected chi connectivity index (χ4v) is 3.30. The average Bonchev–Trinajstić information content (AvgIpc) is 2.48. The van der Waals surface area contributed by atoms with Crippen molar-refractivity contribution in [1.82, 2.24) is 15.2 Å². The predicted molar refractivity (Wildman–Crippen MR) is 81.4 cm³/mol. The summed E-state index contributed by atoms with van der Waals surface area (Å²) in [6.45, 7) is 1.09. The lowest BCUT2D eigenvalue weighted by atomic mass is 10.2. The van der Waals surface area contributed by atoms with Gasteiger partial charge in [-0.3, -0.25) is 9.78 Å². The molecule has 1 aromatic heterocycles. The Bertz CT molecular complexity index is 484. The molecular formula is C14H19N3O3S. The van der Waals surface area contributed by atoms with E-state index < -0.39 is 5.97 Å².